The average Bonchev–Trinajstić information content (AvgIpc) is 3.23. The van der Waals surface area contributed by atoms with Gasteiger partial charge in [-0.3, -0.25) is 4.99 Å². The van der Waals surface area contributed by atoms with E-state index in [1.54, 1.807) is 0 Å². The number of nitrogens with one attached hydrogen (secondary N) is 1. The lowest BCUT2D eigenvalue weighted by molar-refractivity contribution is 0.134. The highest BCUT2D eigenvalue weighted by molar-refractivity contribution is 14.0. The number of hydrogen-bond donors (Lipinski definition) is 1. The van der Waals surface area contributed by atoms with Gasteiger partial charge in [0.15, 0.2) is 5.96 Å². The van der Waals surface area contributed by atoms with Crippen molar-refractivity contribution in [1.29, 1.82) is 0 Å². The van der Waals surface area contributed by atoms with E-state index in [4.69, 9.17) is 4.74 Å². The second-order valence-electron chi connectivity index (χ2n) is 7.14. The first kappa shape index (κ1) is 22.7. The third kappa shape index (κ3) is 5.94. The number of aliphatic imine (C=N–C) groups is 1. The lowest BCUT2D eigenvalue weighted by atomic mass is 9.93. The summed E-state index contributed by atoms with van der Waals surface area (Å²) < 4.78 is 7.68. The Bertz CT molecular complexity index is 717. The topological polar surface area (TPSA) is 54.7 Å². The molecule has 7 heteroatoms. The largest absolute Gasteiger partial charge is 0.377 e. The van der Waals surface area contributed by atoms with Gasteiger partial charge in [-0.2, -0.15) is 0 Å². The summed E-state index contributed by atoms with van der Waals surface area (Å²) in [5.41, 5.74) is 2.45. The Morgan fingerprint density at radius 1 is 1.29 bits per heavy atom. The zero-order chi connectivity index (χ0) is 19.1. The van der Waals surface area contributed by atoms with Crippen molar-refractivity contribution in [2.24, 2.45) is 10.9 Å². The number of ether oxygens (including phenoxy) is 1. The fraction of sp³-hybridized carbons (Fsp3) is 0.524. The molecule has 6 nitrogen and oxygen atoms in total. The Hall–Kier alpha value is -1.61. The molecule has 0 radical (unpaired) electrons. The molecule has 1 N–H and O–H groups in total. The van der Waals surface area contributed by atoms with Gasteiger partial charge in [-0.15, -0.1) is 24.0 Å². The number of imidazole rings is 1. The molecular formula is C21H32IN5O. The molecule has 0 saturated carbocycles. The van der Waals surface area contributed by atoms with Crippen molar-refractivity contribution < 1.29 is 4.74 Å². The molecular weight excluding hydrogens is 465 g/mol. The van der Waals surface area contributed by atoms with E-state index >= 15 is 0 Å². The molecule has 154 valence electrons. The van der Waals surface area contributed by atoms with E-state index in [0.717, 1.165) is 38.6 Å². The fourth-order valence-electron chi connectivity index (χ4n) is 3.58. The molecule has 1 saturated heterocycles. The van der Waals surface area contributed by atoms with Crippen LogP contribution in [0.1, 0.15) is 37.4 Å². The Balaban J connectivity index is 0.00000280. The van der Waals surface area contributed by atoms with Gasteiger partial charge in [0, 0.05) is 45.7 Å². The summed E-state index contributed by atoms with van der Waals surface area (Å²) in [4.78, 5) is 11.1. The smallest absolute Gasteiger partial charge is 0.193 e. The SMILES string of the molecule is CCOCc1ccc(CNC(=NC)N2CCC(C)C(n3ccnc3)C2)cc1.I. The Morgan fingerprint density at radius 2 is 2.04 bits per heavy atom. The minimum absolute atomic E-state index is 0. The van der Waals surface area contributed by atoms with Crippen LogP contribution in [0.2, 0.25) is 0 Å². The molecule has 2 heterocycles. The molecule has 2 aromatic rings. The number of likely N-dealkylation sites (tertiary alicyclic amines) is 1. The van der Waals surface area contributed by atoms with E-state index in [9.17, 15) is 0 Å². The number of hydrogen-bond acceptors (Lipinski definition) is 3. The summed E-state index contributed by atoms with van der Waals surface area (Å²) in [6.45, 7) is 8.50. The van der Waals surface area contributed by atoms with E-state index in [1.165, 1.54) is 11.1 Å². The minimum atomic E-state index is 0. The van der Waals surface area contributed by atoms with Gasteiger partial charge in [0.25, 0.3) is 0 Å². The molecule has 0 spiro atoms. The predicted octanol–water partition coefficient (Wildman–Crippen LogP) is 3.70. The highest BCUT2D eigenvalue weighted by Gasteiger charge is 2.28. The van der Waals surface area contributed by atoms with Gasteiger partial charge in [0.2, 0.25) is 0 Å². The van der Waals surface area contributed by atoms with Crippen molar-refractivity contribution in [2.45, 2.75) is 39.5 Å². The third-order valence-corrected chi connectivity index (χ3v) is 5.28. The van der Waals surface area contributed by atoms with Crippen LogP contribution in [0.5, 0.6) is 0 Å². The van der Waals surface area contributed by atoms with Crippen molar-refractivity contribution in [1.82, 2.24) is 19.8 Å². The van der Waals surface area contributed by atoms with Crippen molar-refractivity contribution in [3.8, 4) is 0 Å². The van der Waals surface area contributed by atoms with Gasteiger partial charge in [-0.25, -0.2) is 4.98 Å². The first-order valence-corrected chi connectivity index (χ1v) is 9.79. The number of nitrogens with zero attached hydrogens (tertiary/aromatic N) is 4. The number of aromatic nitrogens is 2. The van der Waals surface area contributed by atoms with Crippen LogP contribution in [0.25, 0.3) is 0 Å². The van der Waals surface area contributed by atoms with E-state index in [-0.39, 0.29) is 24.0 Å². The normalized spacial score (nSPS) is 20.0. The molecule has 2 atom stereocenters. The quantitative estimate of drug-likeness (QED) is 0.376. The second-order valence-corrected chi connectivity index (χ2v) is 7.14. The standard InChI is InChI=1S/C21H31N5O.HI/c1-4-27-15-19-7-5-18(6-8-19)13-24-21(22-3)25-11-9-17(2)20(14-25)26-12-10-23-16-26;/h5-8,10,12,16-17,20H,4,9,11,13-15H2,1-3H3,(H,22,24);1H. The zero-order valence-electron chi connectivity index (χ0n) is 17.0. The molecule has 1 fully saturated rings. The number of rotatable bonds is 6. The van der Waals surface area contributed by atoms with Crippen LogP contribution in [0.15, 0.2) is 48.0 Å². The maximum atomic E-state index is 5.46. The van der Waals surface area contributed by atoms with Gasteiger partial charge in [0.1, 0.15) is 0 Å². The van der Waals surface area contributed by atoms with E-state index in [2.05, 4.69) is 62.1 Å². The monoisotopic (exact) mass is 497 g/mol. The fourth-order valence-corrected chi connectivity index (χ4v) is 3.58. The molecule has 0 amide bonds. The van der Waals surface area contributed by atoms with E-state index in [1.807, 2.05) is 26.5 Å². The van der Waals surface area contributed by atoms with Crippen LogP contribution < -0.4 is 5.32 Å². The molecule has 3 rings (SSSR count). The third-order valence-electron chi connectivity index (χ3n) is 5.28. The number of benzene rings is 1. The summed E-state index contributed by atoms with van der Waals surface area (Å²) in [5.74, 6) is 1.59. The molecule has 1 aliphatic heterocycles. The van der Waals surface area contributed by atoms with Crippen LogP contribution >= 0.6 is 24.0 Å². The summed E-state index contributed by atoms with van der Waals surface area (Å²) >= 11 is 0. The minimum Gasteiger partial charge on any atom is -0.377 e. The van der Waals surface area contributed by atoms with Crippen molar-refractivity contribution in [3.05, 3.63) is 54.1 Å². The number of halogens is 1. The van der Waals surface area contributed by atoms with Crippen LogP contribution in [-0.2, 0) is 17.9 Å². The Kier molecular flexibility index (Phi) is 9.24. The van der Waals surface area contributed by atoms with Gasteiger partial charge >= 0.3 is 0 Å². The molecule has 0 aliphatic carbocycles. The maximum Gasteiger partial charge on any atom is 0.193 e. The Labute approximate surface area is 185 Å². The number of piperidine rings is 1. The van der Waals surface area contributed by atoms with Crippen LogP contribution in [0, 0.1) is 5.92 Å². The first-order chi connectivity index (χ1) is 13.2. The van der Waals surface area contributed by atoms with Crippen LogP contribution in [-0.4, -0.2) is 47.2 Å². The van der Waals surface area contributed by atoms with Gasteiger partial charge in [0.05, 0.1) is 19.0 Å². The molecule has 1 aromatic carbocycles. The Morgan fingerprint density at radius 3 is 2.68 bits per heavy atom. The van der Waals surface area contributed by atoms with Crippen molar-refractivity contribution in [3.63, 3.8) is 0 Å². The molecule has 1 aliphatic rings. The number of guanidine groups is 1. The van der Waals surface area contributed by atoms with Crippen molar-refractivity contribution in [2.75, 3.05) is 26.7 Å². The lowest BCUT2D eigenvalue weighted by Gasteiger charge is -2.39. The van der Waals surface area contributed by atoms with Gasteiger partial charge in [-0.05, 0) is 30.4 Å². The molecule has 2 unspecified atom stereocenters. The van der Waals surface area contributed by atoms with Crippen molar-refractivity contribution >= 4 is 29.9 Å². The summed E-state index contributed by atoms with van der Waals surface area (Å²) in [7, 11) is 1.86. The molecule has 0 bridgehead atoms. The first-order valence-electron chi connectivity index (χ1n) is 9.79. The average molecular weight is 497 g/mol. The predicted molar refractivity (Wildman–Crippen MR) is 124 cm³/mol. The highest BCUT2D eigenvalue weighted by atomic mass is 127. The molecule has 28 heavy (non-hydrogen) atoms. The van der Waals surface area contributed by atoms with Gasteiger partial charge in [-0.1, -0.05) is 31.2 Å². The van der Waals surface area contributed by atoms with E-state index in [0.29, 0.717) is 18.6 Å². The molecule has 1 aromatic heterocycles. The summed E-state index contributed by atoms with van der Waals surface area (Å²) in [5, 5.41) is 3.52. The van der Waals surface area contributed by atoms with Crippen LogP contribution in [0.3, 0.4) is 0 Å². The summed E-state index contributed by atoms with van der Waals surface area (Å²) in [6, 6.07) is 9.00. The highest BCUT2D eigenvalue weighted by Crippen LogP contribution is 2.27. The lowest BCUT2D eigenvalue weighted by Crippen LogP contribution is -2.48. The van der Waals surface area contributed by atoms with E-state index < -0.39 is 0 Å². The zero-order valence-corrected chi connectivity index (χ0v) is 19.4. The maximum absolute atomic E-state index is 5.46. The summed E-state index contributed by atoms with van der Waals surface area (Å²) in [6.07, 6.45) is 6.99. The second kappa shape index (κ2) is 11.4. The van der Waals surface area contributed by atoms with Crippen LogP contribution in [0.4, 0.5) is 0 Å². The van der Waals surface area contributed by atoms with Gasteiger partial charge < -0.3 is 19.5 Å².